The van der Waals surface area contributed by atoms with Gasteiger partial charge in [-0.1, -0.05) is 29.3 Å². The van der Waals surface area contributed by atoms with Crippen LogP contribution in [0.2, 0.25) is 10.0 Å². The van der Waals surface area contributed by atoms with Crippen LogP contribution in [0.5, 0.6) is 5.75 Å². The molecule has 0 aliphatic carbocycles. The molecule has 1 aromatic heterocycles. The third-order valence-electron chi connectivity index (χ3n) is 5.08. The van der Waals surface area contributed by atoms with Crippen molar-refractivity contribution in [2.24, 2.45) is 0 Å². The molecule has 1 amide bonds. The highest BCUT2D eigenvalue weighted by Crippen LogP contribution is 2.45. The summed E-state index contributed by atoms with van der Waals surface area (Å²) < 4.78 is 33.9. The summed E-state index contributed by atoms with van der Waals surface area (Å²) in [6, 6.07) is 6.93. The fourth-order valence-electron chi connectivity index (χ4n) is 3.69. The van der Waals surface area contributed by atoms with Crippen LogP contribution in [0.25, 0.3) is 5.76 Å². The average Bonchev–Trinajstić information content (AvgIpc) is 3.05. The summed E-state index contributed by atoms with van der Waals surface area (Å²) in [7, 11) is 1.30. The van der Waals surface area contributed by atoms with Gasteiger partial charge in [0.2, 0.25) is 0 Å². The van der Waals surface area contributed by atoms with Crippen molar-refractivity contribution in [2.75, 3.05) is 12.0 Å². The molecule has 1 aliphatic rings. The van der Waals surface area contributed by atoms with E-state index in [1.165, 1.54) is 43.8 Å². The van der Waals surface area contributed by atoms with Crippen molar-refractivity contribution in [2.45, 2.75) is 6.04 Å². The number of ether oxygens (including phenoxy) is 1. The Kier molecular flexibility index (Phi) is 6.05. The molecule has 0 saturated carbocycles. The van der Waals surface area contributed by atoms with E-state index in [1.807, 2.05) is 0 Å². The Bertz CT molecular complexity index is 1320. The molecule has 1 N–H and O–H groups in total. The smallest absolute Gasteiger partial charge is 0.300 e. The Balaban J connectivity index is 2.03. The highest BCUT2D eigenvalue weighted by atomic mass is 35.5. The van der Waals surface area contributed by atoms with E-state index in [1.54, 1.807) is 0 Å². The third-order valence-corrected chi connectivity index (χ3v) is 5.58. The number of aromatic nitrogens is 1. The molecule has 6 nitrogen and oxygen atoms in total. The summed E-state index contributed by atoms with van der Waals surface area (Å²) in [4.78, 5) is 30.9. The van der Waals surface area contributed by atoms with Crippen molar-refractivity contribution in [1.29, 1.82) is 0 Å². The molecule has 4 rings (SSSR count). The van der Waals surface area contributed by atoms with Gasteiger partial charge in [-0.15, -0.1) is 0 Å². The first-order valence-corrected chi connectivity index (χ1v) is 10.2. The van der Waals surface area contributed by atoms with E-state index in [9.17, 15) is 23.5 Å². The molecule has 1 saturated heterocycles. The lowest BCUT2D eigenvalue weighted by molar-refractivity contribution is -0.132. The highest BCUT2D eigenvalue weighted by molar-refractivity contribution is 6.52. The Labute approximate surface area is 196 Å². The van der Waals surface area contributed by atoms with Gasteiger partial charge in [0, 0.05) is 23.5 Å². The fourth-order valence-corrected chi connectivity index (χ4v) is 4.26. The number of benzene rings is 2. The first-order chi connectivity index (χ1) is 15.7. The van der Waals surface area contributed by atoms with Gasteiger partial charge in [-0.05, 0) is 35.9 Å². The van der Waals surface area contributed by atoms with E-state index < -0.39 is 46.4 Å². The Morgan fingerprint density at radius 3 is 2.58 bits per heavy atom. The van der Waals surface area contributed by atoms with Crippen LogP contribution in [0.15, 0.2) is 60.4 Å². The molecule has 2 heterocycles. The molecule has 0 spiro atoms. The van der Waals surface area contributed by atoms with Gasteiger partial charge >= 0.3 is 0 Å². The number of halogens is 4. The number of Topliss-reactive ketones (excluding diaryl/α,β-unsaturated/α-hetero) is 1. The van der Waals surface area contributed by atoms with Gasteiger partial charge in [0.1, 0.15) is 23.1 Å². The summed E-state index contributed by atoms with van der Waals surface area (Å²) in [5.74, 6) is -4.68. The zero-order valence-corrected chi connectivity index (χ0v) is 18.4. The Morgan fingerprint density at radius 1 is 1.15 bits per heavy atom. The number of anilines is 1. The van der Waals surface area contributed by atoms with E-state index in [4.69, 9.17) is 27.9 Å². The minimum atomic E-state index is -1.32. The van der Waals surface area contributed by atoms with Gasteiger partial charge in [-0.3, -0.25) is 19.5 Å². The van der Waals surface area contributed by atoms with Crippen molar-refractivity contribution in [3.05, 3.63) is 93.2 Å². The number of amides is 1. The molecule has 33 heavy (non-hydrogen) atoms. The maximum atomic E-state index is 14.7. The first-order valence-electron chi connectivity index (χ1n) is 9.44. The summed E-state index contributed by atoms with van der Waals surface area (Å²) in [6.45, 7) is 0. The number of pyridine rings is 1. The predicted molar refractivity (Wildman–Crippen MR) is 118 cm³/mol. The number of hydrogen-bond donors (Lipinski definition) is 1. The van der Waals surface area contributed by atoms with Crippen molar-refractivity contribution < 1.29 is 28.2 Å². The maximum absolute atomic E-state index is 14.7. The zero-order valence-electron chi connectivity index (χ0n) is 16.9. The van der Waals surface area contributed by atoms with E-state index in [0.717, 1.165) is 23.1 Å². The van der Waals surface area contributed by atoms with Crippen LogP contribution in [0.1, 0.15) is 17.2 Å². The molecule has 3 aromatic rings. The molecular formula is C23H14Cl2F2N2O4. The topological polar surface area (TPSA) is 79.7 Å². The first kappa shape index (κ1) is 22.7. The molecule has 0 bridgehead atoms. The lowest BCUT2D eigenvalue weighted by atomic mass is 9.95. The predicted octanol–water partition coefficient (Wildman–Crippen LogP) is 5.30. The lowest BCUT2D eigenvalue weighted by Crippen LogP contribution is -2.30. The highest BCUT2D eigenvalue weighted by Gasteiger charge is 2.48. The quantitative estimate of drug-likeness (QED) is 0.305. The number of aliphatic hydroxyl groups is 1. The molecule has 1 atom stereocenters. The average molecular weight is 491 g/mol. The number of nitrogens with zero attached hydrogens (tertiary/aromatic N) is 2. The minimum Gasteiger partial charge on any atom is -0.507 e. The third kappa shape index (κ3) is 3.92. The Hall–Kier alpha value is -3.49. The molecule has 2 aromatic carbocycles. The number of hydrogen-bond acceptors (Lipinski definition) is 5. The fraction of sp³-hybridized carbons (Fsp3) is 0.0870. The normalized spacial score (nSPS) is 17.5. The summed E-state index contributed by atoms with van der Waals surface area (Å²) in [5, 5.41) is 11.4. The van der Waals surface area contributed by atoms with Crippen LogP contribution in [0, 0.1) is 11.6 Å². The molecule has 168 valence electrons. The number of methoxy groups -OCH3 is 1. The van der Waals surface area contributed by atoms with Crippen LogP contribution in [-0.4, -0.2) is 28.9 Å². The van der Waals surface area contributed by atoms with Gasteiger partial charge in [-0.25, -0.2) is 8.78 Å². The molecule has 1 fully saturated rings. The van der Waals surface area contributed by atoms with E-state index in [0.29, 0.717) is 0 Å². The molecule has 1 unspecified atom stereocenters. The lowest BCUT2D eigenvalue weighted by Gasteiger charge is -2.25. The van der Waals surface area contributed by atoms with Crippen molar-refractivity contribution >= 4 is 46.3 Å². The number of rotatable bonds is 4. The molecule has 10 heteroatoms. The van der Waals surface area contributed by atoms with E-state index in [-0.39, 0.29) is 26.9 Å². The van der Waals surface area contributed by atoms with Crippen LogP contribution < -0.4 is 9.64 Å². The van der Waals surface area contributed by atoms with Gasteiger partial charge in [0.15, 0.2) is 0 Å². The SMILES string of the molecule is COc1c(Cl)cc(Cl)cc1/C(O)=C1\C(=O)C(=O)N(c2cc(F)ccc2F)C1c1cccnc1. The zero-order chi connectivity index (χ0) is 23.9. The van der Waals surface area contributed by atoms with E-state index in [2.05, 4.69) is 4.98 Å². The maximum Gasteiger partial charge on any atom is 0.300 e. The molecular weight excluding hydrogens is 477 g/mol. The van der Waals surface area contributed by atoms with Gasteiger partial charge in [0.05, 0.1) is 35.0 Å². The van der Waals surface area contributed by atoms with Crippen LogP contribution in [0.4, 0.5) is 14.5 Å². The monoisotopic (exact) mass is 490 g/mol. The number of carbonyl (C=O) groups is 2. The van der Waals surface area contributed by atoms with Gasteiger partial charge < -0.3 is 9.84 Å². The second-order valence-corrected chi connectivity index (χ2v) is 7.86. The summed E-state index contributed by atoms with van der Waals surface area (Å²) in [5.41, 5.74) is -0.648. The van der Waals surface area contributed by atoms with Crippen molar-refractivity contribution in [3.8, 4) is 5.75 Å². The summed E-state index contributed by atoms with van der Waals surface area (Å²) in [6.07, 6.45) is 2.80. The molecule has 1 aliphatic heterocycles. The second-order valence-electron chi connectivity index (χ2n) is 7.02. The van der Waals surface area contributed by atoms with Crippen LogP contribution in [0.3, 0.4) is 0 Å². The number of carbonyl (C=O) groups excluding carboxylic acids is 2. The summed E-state index contributed by atoms with van der Waals surface area (Å²) >= 11 is 12.2. The van der Waals surface area contributed by atoms with Crippen molar-refractivity contribution in [1.82, 2.24) is 4.98 Å². The molecule has 0 radical (unpaired) electrons. The second kappa shape index (κ2) is 8.80. The number of ketones is 1. The van der Waals surface area contributed by atoms with Crippen LogP contribution >= 0.6 is 23.2 Å². The number of aliphatic hydroxyl groups excluding tert-OH is 1. The largest absolute Gasteiger partial charge is 0.507 e. The Morgan fingerprint density at radius 2 is 1.91 bits per heavy atom. The van der Waals surface area contributed by atoms with Gasteiger partial charge in [-0.2, -0.15) is 0 Å². The van der Waals surface area contributed by atoms with Gasteiger partial charge in [0.25, 0.3) is 11.7 Å². The minimum absolute atomic E-state index is 0.00615. The standard InChI is InChI=1S/C23H14Cl2F2N2O4/c1-33-22-14(7-12(24)8-15(22)25)20(30)18-19(11-3-2-6-28-10-11)29(23(32)21(18)31)17-9-13(26)4-5-16(17)27/h2-10,19,30H,1H3/b20-18+. The van der Waals surface area contributed by atoms with E-state index >= 15 is 0 Å². The van der Waals surface area contributed by atoms with Crippen LogP contribution in [-0.2, 0) is 9.59 Å². The van der Waals surface area contributed by atoms with Crippen molar-refractivity contribution in [3.63, 3.8) is 0 Å².